The lowest BCUT2D eigenvalue weighted by molar-refractivity contribution is 0.158. The van der Waals surface area contributed by atoms with E-state index in [-0.39, 0.29) is 0 Å². The highest BCUT2D eigenvalue weighted by molar-refractivity contribution is 5.44. The van der Waals surface area contributed by atoms with Gasteiger partial charge in [0.15, 0.2) is 11.5 Å². The summed E-state index contributed by atoms with van der Waals surface area (Å²) >= 11 is 0. The van der Waals surface area contributed by atoms with E-state index in [1.54, 1.807) is 0 Å². The fourth-order valence-corrected chi connectivity index (χ4v) is 4.09. The van der Waals surface area contributed by atoms with Crippen molar-refractivity contribution in [3.8, 4) is 11.5 Å². The van der Waals surface area contributed by atoms with Gasteiger partial charge < -0.3 is 15.2 Å². The summed E-state index contributed by atoms with van der Waals surface area (Å²) in [6.07, 6.45) is 6.52. The molecule has 1 aliphatic heterocycles. The van der Waals surface area contributed by atoms with Gasteiger partial charge in [0.2, 0.25) is 6.79 Å². The van der Waals surface area contributed by atoms with Crippen molar-refractivity contribution in [3.05, 3.63) is 23.8 Å². The number of nitrogens with two attached hydrogens (primary N) is 1. The van der Waals surface area contributed by atoms with Crippen LogP contribution in [-0.2, 0) is 6.54 Å². The van der Waals surface area contributed by atoms with Crippen molar-refractivity contribution in [2.75, 3.05) is 26.4 Å². The molecule has 0 saturated heterocycles. The molecule has 4 nitrogen and oxygen atoms in total. The Hall–Kier alpha value is -1.26. The SMILES string of the molecule is CCC(C)CN(Cc1ccc2c(c1)OCO2)CC1CCC(CN)CC1. The Morgan fingerprint density at radius 3 is 2.56 bits per heavy atom. The Morgan fingerprint density at radius 2 is 1.84 bits per heavy atom. The van der Waals surface area contributed by atoms with Crippen molar-refractivity contribution in [1.82, 2.24) is 4.90 Å². The lowest BCUT2D eigenvalue weighted by Crippen LogP contribution is -2.35. The second kappa shape index (κ2) is 8.91. The summed E-state index contributed by atoms with van der Waals surface area (Å²) in [6, 6.07) is 6.38. The third kappa shape index (κ3) is 5.11. The summed E-state index contributed by atoms with van der Waals surface area (Å²) in [4.78, 5) is 2.65. The Kier molecular flexibility index (Phi) is 6.60. The first-order valence-corrected chi connectivity index (χ1v) is 9.98. The number of ether oxygens (including phenoxy) is 2. The molecular formula is C21H34N2O2. The van der Waals surface area contributed by atoms with Crippen LogP contribution in [0, 0.1) is 17.8 Å². The summed E-state index contributed by atoms with van der Waals surface area (Å²) < 4.78 is 11.0. The normalized spacial score (nSPS) is 23.8. The molecule has 0 amide bonds. The summed E-state index contributed by atoms with van der Waals surface area (Å²) in [5.74, 6) is 4.07. The van der Waals surface area contributed by atoms with E-state index in [0.29, 0.717) is 6.79 Å². The average Bonchev–Trinajstić information content (AvgIpc) is 3.10. The lowest BCUT2D eigenvalue weighted by Gasteiger charge is -2.33. The van der Waals surface area contributed by atoms with E-state index in [2.05, 4.69) is 30.9 Å². The summed E-state index contributed by atoms with van der Waals surface area (Å²) in [7, 11) is 0. The van der Waals surface area contributed by atoms with E-state index < -0.39 is 0 Å². The molecule has 1 aliphatic carbocycles. The Balaban J connectivity index is 1.61. The molecule has 1 atom stereocenters. The molecule has 140 valence electrons. The molecule has 0 aromatic heterocycles. The van der Waals surface area contributed by atoms with Crippen molar-refractivity contribution in [1.29, 1.82) is 0 Å². The van der Waals surface area contributed by atoms with Crippen molar-refractivity contribution in [2.45, 2.75) is 52.5 Å². The van der Waals surface area contributed by atoms with Crippen LogP contribution in [0.4, 0.5) is 0 Å². The summed E-state index contributed by atoms with van der Waals surface area (Å²) in [6.45, 7) is 9.23. The number of hydrogen-bond acceptors (Lipinski definition) is 4. The van der Waals surface area contributed by atoms with Gasteiger partial charge in [0.25, 0.3) is 0 Å². The number of benzene rings is 1. The van der Waals surface area contributed by atoms with Crippen molar-refractivity contribution >= 4 is 0 Å². The molecule has 1 aromatic rings. The topological polar surface area (TPSA) is 47.7 Å². The number of hydrogen-bond donors (Lipinski definition) is 1. The highest BCUT2D eigenvalue weighted by atomic mass is 16.7. The van der Waals surface area contributed by atoms with Gasteiger partial charge >= 0.3 is 0 Å². The highest BCUT2D eigenvalue weighted by Crippen LogP contribution is 2.33. The molecule has 1 aromatic carbocycles. The molecular weight excluding hydrogens is 312 g/mol. The monoisotopic (exact) mass is 346 g/mol. The van der Waals surface area contributed by atoms with Crippen LogP contribution in [-0.4, -0.2) is 31.3 Å². The maximum atomic E-state index is 5.85. The van der Waals surface area contributed by atoms with Crippen LogP contribution in [0.5, 0.6) is 11.5 Å². The molecule has 2 N–H and O–H groups in total. The second-order valence-electron chi connectivity index (χ2n) is 8.02. The van der Waals surface area contributed by atoms with Crippen LogP contribution in [0.3, 0.4) is 0 Å². The fraction of sp³-hybridized carbons (Fsp3) is 0.714. The molecule has 1 unspecified atom stereocenters. The molecule has 1 fully saturated rings. The zero-order valence-electron chi connectivity index (χ0n) is 15.9. The highest BCUT2D eigenvalue weighted by Gasteiger charge is 2.23. The molecule has 1 heterocycles. The smallest absolute Gasteiger partial charge is 0.231 e. The van der Waals surface area contributed by atoms with E-state index >= 15 is 0 Å². The Bertz CT molecular complexity index is 541. The number of nitrogens with zero attached hydrogens (tertiary/aromatic N) is 1. The fourth-order valence-electron chi connectivity index (χ4n) is 4.09. The molecule has 0 radical (unpaired) electrons. The molecule has 0 bridgehead atoms. The van der Waals surface area contributed by atoms with Crippen LogP contribution in [0.1, 0.15) is 51.5 Å². The quantitative estimate of drug-likeness (QED) is 0.772. The average molecular weight is 347 g/mol. The molecule has 2 aliphatic rings. The largest absolute Gasteiger partial charge is 0.454 e. The zero-order valence-corrected chi connectivity index (χ0v) is 15.9. The first-order chi connectivity index (χ1) is 12.2. The van der Waals surface area contributed by atoms with E-state index in [4.69, 9.17) is 15.2 Å². The molecule has 1 saturated carbocycles. The first kappa shape index (κ1) is 18.5. The summed E-state index contributed by atoms with van der Waals surface area (Å²) in [5.41, 5.74) is 7.17. The van der Waals surface area contributed by atoms with Crippen LogP contribution in [0.2, 0.25) is 0 Å². The third-order valence-corrected chi connectivity index (χ3v) is 5.93. The van der Waals surface area contributed by atoms with Gasteiger partial charge in [-0.3, -0.25) is 4.90 Å². The minimum Gasteiger partial charge on any atom is -0.454 e. The van der Waals surface area contributed by atoms with Crippen molar-refractivity contribution in [2.24, 2.45) is 23.5 Å². The lowest BCUT2D eigenvalue weighted by atomic mass is 9.81. The van der Waals surface area contributed by atoms with Crippen LogP contribution >= 0.6 is 0 Å². The standard InChI is InChI=1S/C21H34N2O2/c1-3-16(2)12-23(13-18-6-4-17(11-22)5-7-18)14-19-8-9-20-21(10-19)25-15-24-20/h8-10,16-18H,3-7,11-15,22H2,1-2H3. The summed E-state index contributed by atoms with van der Waals surface area (Å²) in [5, 5.41) is 0. The van der Waals surface area contributed by atoms with Crippen LogP contribution < -0.4 is 15.2 Å². The van der Waals surface area contributed by atoms with E-state index in [1.807, 2.05) is 6.07 Å². The van der Waals surface area contributed by atoms with Gasteiger partial charge in [-0.2, -0.15) is 0 Å². The van der Waals surface area contributed by atoms with Gasteiger partial charge in [-0.1, -0.05) is 26.3 Å². The van der Waals surface area contributed by atoms with E-state index in [9.17, 15) is 0 Å². The maximum Gasteiger partial charge on any atom is 0.231 e. The van der Waals surface area contributed by atoms with Crippen LogP contribution in [0.25, 0.3) is 0 Å². The van der Waals surface area contributed by atoms with E-state index in [0.717, 1.165) is 42.3 Å². The van der Waals surface area contributed by atoms with Gasteiger partial charge in [-0.15, -0.1) is 0 Å². The number of fused-ring (bicyclic) bond motifs is 1. The van der Waals surface area contributed by atoms with Gasteiger partial charge in [0, 0.05) is 19.6 Å². The Morgan fingerprint density at radius 1 is 1.12 bits per heavy atom. The first-order valence-electron chi connectivity index (χ1n) is 9.98. The van der Waals surface area contributed by atoms with Gasteiger partial charge in [0.1, 0.15) is 0 Å². The van der Waals surface area contributed by atoms with Crippen LogP contribution in [0.15, 0.2) is 18.2 Å². The molecule has 4 heteroatoms. The third-order valence-electron chi connectivity index (χ3n) is 5.93. The van der Waals surface area contributed by atoms with Gasteiger partial charge in [-0.25, -0.2) is 0 Å². The van der Waals surface area contributed by atoms with Gasteiger partial charge in [-0.05, 0) is 67.7 Å². The maximum absolute atomic E-state index is 5.85. The minimum absolute atomic E-state index is 0.347. The molecule has 0 spiro atoms. The van der Waals surface area contributed by atoms with Gasteiger partial charge in [0.05, 0.1) is 0 Å². The molecule has 3 rings (SSSR count). The number of rotatable bonds is 8. The predicted molar refractivity (Wildman–Crippen MR) is 102 cm³/mol. The predicted octanol–water partition coefficient (Wildman–Crippen LogP) is 4.03. The Labute approximate surface area is 152 Å². The second-order valence-corrected chi connectivity index (χ2v) is 8.02. The zero-order chi connectivity index (χ0) is 17.6. The minimum atomic E-state index is 0.347. The van der Waals surface area contributed by atoms with E-state index in [1.165, 1.54) is 50.8 Å². The van der Waals surface area contributed by atoms with Crippen molar-refractivity contribution in [3.63, 3.8) is 0 Å². The molecule has 25 heavy (non-hydrogen) atoms. The van der Waals surface area contributed by atoms with Crippen molar-refractivity contribution < 1.29 is 9.47 Å².